The van der Waals surface area contributed by atoms with Gasteiger partial charge in [0.25, 0.3) is 11.6 Å². The van der Waals surface area contributed by atoms with Gasteiger partial charge in [-0.1, -0.05) is 11.6 Å². The molecule has 0 aromatic carbocycles. The second kappa shape index (κ2) is 5.40. The molecule has 0 radical (unpaired) electrons. The molecule has 3 rings (SSSR count). The van der Waals surface area contributed by atoms with E-state index in [2.05, 4.69) is 15.5 Å². The van der Waals surface area contributed by atoms with E-state index in [0.717, 1.165) is 6.42 Å². The molecule has 1 saturated carbocycles. The fraction of sp³-hybridized carbons (Fsp3) is 0.467. The average Bonchev–Trinajstić information content (AvgIpc) is 3.05. The number of nitrogens with zero attached hydrogens (tertiary/aromatic N) is 2. The number of carboxylic acid groups (broad SMARTS) is 1. The van der Waals surface area contributed by atoms with Crippen LogP contribution in [0.25, 0.3) is 11.1 Å². The number of carbonyl (C=O) groups is 2. The predicted octanol–water partition coefficient (Wildman–Crippen LogP) is 1.82. The van der Waals surface area contributed by atoms with Crippen LogP contribution in [0.3, 0.4) is 0 Å². The molecule has 7 nitrogen and oxygen atoms in total. The molecule has 2 aromatic rings. The molecule has 1 fully saturated rings. The van der Waals surface area contributed by atoms with Crippen molar-refractivity contribution in [3.63, 3.8) is 0 Å². The summed E-state index contributed by atoms with van der Waals surface area (Å²) in [7, 11) is 0. The number of rotatable bonds is 3. The van der Waals surface area contributed by atoms with E-state index < -0.39 is 11.9 Å². The number of carboxylic acids is 1. The Bertz CT molecular complexity index is 753. The van der Waals surface area contributed by atoms with E-state index >= 15 is 0 Å². The highest BCUT2D eigenvalue weighted by Gasteiger charge is 2.34. The lowest BCUT2D eigenvalue weighted by Gasteiger charge is -2.17. The Balaban J connectivity index is 1.92. The van der Waals surface area contributed by atoms with Gasteiger partial charge >= 0.3 is 5.97 Å². The molecular formula is C15H17N3O4. The number of carbonyl (C=O) groups excluding carboxylic acids is 1. The Labute approximate surface area is 126 Å². The van der Waals surface area contributed by atoms with E-state index in [9.17, 15) is 14.7 Å². The van der Waals surface area contributed by atoms with Crippen molar-refractivity contribution in [1.29, 1.82) is 0 Å². The normalized spacial score (nSPS) is 21.2. The molecule has 0 spiro atoms. The molecule has 7 heteroatoms. The zero-order valence-corrected chi connectivity index (χ0v) is 12.4. The molecule has 1 aliphatic carbocycles. The molecule has 2 heterocycles. The number of aryl methyl sites for hydroxylation is 2. The van der Waals surface area contributed by atoms with Crippen molar-refractivity contribution in [2.75, 3.05) is 0 Å². The zero-order valence-electron chi connectivity index (χ0n) is 12.4. The number of hydrogen-bond acceptors (Lipinski definition) is 5. The Morgan fingerprint density at radius 2 is 2.14 bits per heavy atom. The highest BCUT2D eigenvalue weighted by Crippen LogP contribution is 2.27. The molecule has 0 unspecified atom stereocenters. The summed E-state index contributed by atoms with van der Waals surface area (Å²) >= 11 is 0. The topological polar surface area (TPSA) is 105 Å². The molecule has 1 aliphatic rings. The van der Waals surface area contributed by atoms with Crippen LogP contribution in [0.4, 0.5) is 0 Å². The van der Waals surface area contributed by atoms with Gasteiger partial charge in [0.2, 0.25) is 0 Å². The second-order valence-corrected chi connectivity index (χ2v) is 5.71. The van der Waals surface area contributed by atoms with Crippen LogP contribution in [-0.2, 0) is 4.79 Å². The summed E-state index contributed by atoms with van der Waals surface area (Å²) in [6.45, 7) is 3.51. The summed E-state index contributed by atoms with van der Waals surface area (Å²) in [5, 5.41) is 16.5. The molecule has 0 bridgehead atoms. The maximum atomic E-state index is 12.6. The van der Waals surface area contributed by atoms with Crippen LogP contribution in [0.15, 0.2) is 10.6 Å². The SMILES string of the molecule is Cc1cc(C(=O)N[C@@H]2CCC[C@@H]2C(=O)O)c2c(C)noc2n1. The predicted molar refractivity (Wildman–Crippen MR) is 77.5 cm³/mol. The first kappa shape index (κ1) is 14.5. The van der Waals surface area contributed by atoms with Gasteiger partial charge in [-0.2, -0.15) is 0 Å². The van der Waals surface area contributed by atoms with Gasteiger partial charge < -0.3 is 14.9 Å². The molecule has 2 atom stereocenters. The number of aliphatic carboxylic acids is 1. The first-order valence-electron chi connectivity index (χ1n) is 7.24. The molecule has 1 amide bonds. The minimum absolute atomic E-state index is 0.306. The van der Waals surface area contributed by atoms with E-state index in [0.29, 0.717) is 40.9 Å². The van der Waals surface area contributed by atoms with Crippen LogP contribution in [0.5, 0.6) is 0 Å². The minimum atomic E-state index is -0.861. The Morgan fingerprint density at radius 3 is 2.86 bits per heavy atom. The lowest BCUT2D eigenvalue weighted by Crippen LogP contribution is -2.40. The first-order chi connectivity index (χ1) is 10.5. The van der Waals surface area contributed by atoms with Gasteiger partial charge in [0.15, 0.2) is 0 Å². The molecule has 0 aliphatic heterocycles. The molecule has 2 aromatic heterocycles. The number of hydrogen-bond donors (Lipinski definition) is 2. The summed E-state index contributed by atoms with van der Waals surface area (Å²) in [6.07, 6.45) is 2.08. The summed E-state index contributed by atoms with van der Waals surface area (Å²) in [5.74, 6) is -1.69. The smallest absolute Gasteiger partial charge is 0.308 e. The number of fused-ring (bicyclic) bond motifs is 1. The standard InChI is InChI=1S/C15H17N3O4/c1-7-6-10(12-8(2)18-22-14(12)16-7)13(19)17-11-5-3-4-9(11)15(20)21/h6,9,11H,3-5H2,1-2H3,(H,17,19)(H,20,21)/t9-,11+/m0/s1. The van der Waals surface area contributed by atoms with E-state index in [1.54, 1.807) is 19.9 Å². The quantitative estimate of drug-likeness (QED) is 0.896. The molecule has 116 valence electrons. The largest absolute Gasteiger partial charge is 0.481 e. The van der Waals surface area contributed by atoms with Crippen LogP contribution in [0, 0.1) is 19.8 Å². The van der Waals surface area contributed by atoms with Gasteiger partial charge in [0.1, 0.15) is 0 Å². The van der Waals surface area contributed by atoms with Crippen molar-refractivity contribution < 1.29 is 19.2 Å². The monoisotopic (exact) mass is 303 g/mol. The van der Waals surface area contributed by atoms with E-state index in [-0.39, 0.29) is 11.9 Å². The maximum Gasteiger partial charge on any atom is 0.308 e. The Hall–Kier alpha value is -2.44. The first-order valence-corrected chi connectivity index (χ1v) is 7.24. The van der Waals surface area contributed by atoms with Crippen molar-refractivity contribution >= 4 is 23.0 Å². The van der Waals surface area contributed by atoms with E-state index in [4.69, 9.17) is 4.52 Å². The Morgan fingerprint density at radius 1 is 1.36 bits per heavy atom. The molecule has 0 saturated heterocycles. The molecular weight excluding hydrogens is 286 g/mol. The van der Waals surface area contributed by atoms with Crippen molar-refractivity contribution in [3.05, 3.63) is 23.0 Å². The zero-order chi connectivity index (χ0) is 15.9. The van der Waals surface area contributed by atoms with Gasteiger partial charge in [0.05, 0.1) is 22.6 Å². The third-order valence-corrected chi connectivity index (χ3v) is 4.14. The lowest BCUT2D eigenvalue weighted by molar-refractivity contribution is -0.142. The fourth-order valence-electron chi connectivity index (χ4n) is 3.07. The minimum Gasteiger partial charge on any atom is -0.481 e. The summed E-state index contributed by atoms with van der Waals surface area (Å²) in [4.78, 5) is 28.0. The van der Waals surface area contributed by atoms with Crippen molar-refractivity contribution in [1.82, 2.24) is 15.5 Å². The number of nitrogens with one attached hydrogen (secondary N) is 1. The summed E-state index contributed by atoms with van der Waals surface area (Å²) < 4.78 is 5.11. The molecule has 2 N–H and O–H groups in total. The van der Waals surface area contributed by atoms with E-state index in [1.165, 1.54) is 0 Å². The number of pyridine rings is 1. The van der Waals surface area contributed by atoms with Crippen LogP contribution in [-0.4, -0.2) is 33.2 Å². The van der Waals surface area contributed by atoms with Gasteiger partial charge in [-0.05, 0) is 32.8 Å². The van der Waals surface area contributed by atoms with Crippen molar-refractivity contribution in [2.24, 2.45) is 5.92 Å². The van der Waals surface area contributed by atoms with Gasteiger partial charge in [-0.25, -0.2) is 4.98 Å². The third-order valence-electron chi connectivity index (χ3n) is 4.14. The Kier molecular flexibility index (Phi) is 3.56. The van der Waals surface area contributed by atoms with Crippen LogP contribution in [0.2, 0.25) is 0 Å². The maximum absolute atomic E-state index is 12.6. The number of aromatic nitrogens is 2. The van der Waals surface area contributed by atoms with Crippen LogP contribution >= 0.6 is 0 Å². The second-order valence-electron chi connectivity index (χ2n) is 5.71. The highest BCUT2D eigenvalue weighted by atomic mass is 16.5. The number of amides is 1. The lowest BCUT2D eigenvalue weighted by atomic mass is 10.0. The average molecular weight is 303 g/mol. The van der Waals surface area contributed by atoms with E-state index in [1.807, 2.05) is 0 Å². The van der Waals surface area contributed by atoms with Gasteiger partial charge in [-0.3, -0.25) is 9.59 Å². The third kappa shape index (κ3) is 2.43. The highest BCUT2D eigenvalue weighted by molar-refractivity contribution is 6.06. The summed E-state index contributed by atoms with van der Waals surface area (Å²) in [5.41, 5.74) is 1.99. The fourth-order valence-corrected chi connectivity index (χ4v) is 3.07. The summed E-state index contributed by atoms with van der Waals surface area (Å²) in [6, 6.07) is 1.33. The molecule has 22 heavy (non-hydrogen) atoms. The van der Waals surface area contributed by atoms with Crippen LogP contribution in [0.1, 0.15) is 41.0 Å². The van der Waals surface area contributed by atoms with Gasteiger partial charge in [-0.15, -0.1) is 0 Å². The van der Waals surface area contributed by atoms with Crippen molar-refractivity contribution in [2.45, 2.75) is 39.2 Å². The van der Waals surface area contributed by atoms with Crippen molar-refractivity contribution in [3.8, 4) is 0 Å². The van der Waals surface area contributed by atoms with Crippen LogP contribution < -0.4 is 5.32 Å². The van der Waals surface area contributed by atoms with Gasteiger partial charge in [0, 0.05) is 11.7 Å².